The van der Waals surface area contributed by atoms with Crippen LogP contribution in [0.3, 0.4) is 0 Å². The van der Waals surface area contributed by atoms with Crippen LogP contribution < -0.4 is 31.0 Å². The summed E-state index contributed by atoms with van der Waals surface area (Å²) in [6, 6.07) is 26.0. The summed E-state index contributed by atoms with van der Waals surface area (Å²) in [6.45, 7) is 9.12. The molecule has 4 aromatic heterocycles. The Morgan fingerprint density at radius 3 is 1.38 bits per heavy atom. The Morgan fingerprint density at radius 1 is 0.554 bits per heavy atom. The van der Waals surface area contributed by atoms with E-state index in [1.54, 1.807) is 14.2 Å². The predicted molar refractivity (Wildman–Crippen MR) is 226 cm³/mol. The fraction of sp³-hybridized carbons (Fsp3) is 0.348. The maximum Gasteiger partial charge on any atom is 0.177 e. The third-order valence-electron chi connectivity index (χ3n) is 12.9. The number of ether oxygens (including phenoxy) is 2. The number of nitrogens with one attached hydrogen (secondary N) is 2. The first kappa shape index (κ1) is 38.3. The van der Waals surface area contributed by atoms with Gasteiger partial charge >= 0.3 is 0 Å². The Bertz CT molecular complexity index is 2470. The molecule has 4 aromatic carbocycles. The minimum Gasteiger partial charge on any atom is -1.00 e. The Morgan fingerprint density at radius 2 is 0.964 bits per heavy atom. The van der Waals surface area contributed by atoms with Gasteiger partial charge in [0, 0.05) is 55.7 Å². The van der Waals surface area contributed by atoms with Crippen molar-refractivity contribution in [1.29, 1.82) is 0 Å². The molecule has 2 fully saturated rings. The molecule has 2 aliphatic rings. The van der Waals surface area contributed by atoms with Gasteiger partial charge in [-0.3, -0.25) is 9.80 Å². The summed E-state index contributed by atoms with van der Waals surface area (Å²) in [5, 5.41) is 10.1. The fourth-order valence-corrected chi connectivity index (χ4v) is 9.71. The highest BCUT2D eigenvalue weighted by Crippen LogP contribution is 2.36. The zero-order chi connectivity index (χ0) is 36.2. The van der Waals surface area contributed by atoms with Crippen molar-refractivity contribution < 1.29 is 31.0 Å². The second-order valence-corrected chi connectivity index (χ2v) is 15.8. The van der Waals surface area contributed by atoms with Gasteiger partial charge in [0.1, 0.15) is 11.5 Å². The average Bonchev–Trinajstić information content (AvgIpc) is 3.80. The highest BCUT2D eigenvalue weighted by molar-refractivity contribution is 6.21. The second-order valence-electron chi connectivity index (χ2n) is 15.8. The monoisotopic (exact) mass is 789 g/mol. The molecule has 0 aliphatic carbocycles. The van der Waals surface area contributed by atoms with Crippen molar-refractivity contribution in [2.24, 2.45) is 11.8 Å². The zero-order valence-corrected chi connectivity index (χ0v) is 33.8. The highest BCUT2D eigenvalue weighted by atomic mass is 35.5. The van der Waals surface area contributed by atoms with Crippen molar-refractivity contribution in [3.63, 3.8) is 0 Å². The SMILES string of the molecule is COc1ccc2[nH]c3ccc4cc[n+](CCN5CCC(C6CCN(CC[n+]7ccc8ccc9[nH]c%10ccc(OC)cc%10c9c8c7)CC6)CC5)cc4c3c2c1.Cl.[Cl-]. The molecule has 8 aromatic rings. The van der Waals surface area contributed by atoms with E-state index in [-0.39, 0.29) is 24.8 Å². The molecule has 0 amide bonds. The summed E-state index contributed by atoms with van der Waals surface area (Å²) in [5.41, 5.74) is 4.65. The summed E-state index contributed by atoms with van der Waals surface area (Å²) >= 11 is 0. The molecular formula is C46H51Cl2N6O2+. The molecule has 290 valence electrons. The number of aromatic nitrogens is 4. The number of nitrogens with zero attached hydrogens (tertiary/aromatic N) is 4. The van der Waals surface area contributed by atoms with Crippen LogP contribution in [0.15, 0.2) is 97.6 Å². The van der Waals surface area contributed by atoms with Crippen LogP contribution in [0.2, 0.25) is 0 Å². The second kappa shape index (κ2) is 16.1. The first-order chi connectivity index (χ1) is 26.6. The van der Waals surface area contributed by atoms with Gasteiger partial charge in [0.25, 0.3) is 0 Å². The lowest BCUT2D eigenvalue weighted by Crippen LogP contribution is -3.00. The van der Waals surface area contributed by atoms with Crippen molar-refractivity contribution in [3.05, 3.63) is 97.6 Å². The summed E-state index contributed by atoms with van der Waals surface area (Å²) in [5.74, 6) is 3.53. The minimum atomic E-state index is 0. The van der Waals surface area contributed by atoms with Crippen molar-refractivity contribution >= 4 is 77.6 Å². The molecular weight excluding hydrogens is 739 g/mol. The molecule has 8 nitrogen and oxygen atoms in total. The number of likely N-dealkylation sites (tertiary alicyclic amines) is 2. The van der Waals surface area contributed by atoms with E-state index in [1.165, 1.54) is 106 Å². The minimum absolute atomic E-state index is 0. The first-order valence-electron chi connectivity index (χ1n) is 19.9. The van der Waals surface area contributed by atoms with Crippen molar-refractivity contribution in [2.75, 3.05) is 53.5 Å². The number of methoxy groups -OCH3 is 2. The number of benzene rings is 4. The summed E-state index contributed by atoms with van der Waals surface area (Å²) < 4.78 is 15.9. The number of H-pyrrole nitrogens is 2. The number of halogens is 2. The molecule has 10 rings (SSSR count). The van der Waals surface area contributed by atoms with Crippen LogP contribution in [0.5, 0.6) is 11.5 Å². The van der Waals surface area contributed by atoms with Gasteiger partial charge in [-0.15, -0.1) is 12.4 Å². The van der Waals surface area contributed by atoms with E-state index in [0.29, 0.717) is 0 Å². The lowest BCUT2D eigenvalue weighted by Gasteiger charge is -2.39. The van der Waals surface area contributed by atoms with Gasteiger partial charge < -0.3 is 31.8 Å². The van der Waals surface area contributed by atoms with Crippen LogP contribution in [0.4, 0.5) is 0 Å². The van der Waals surface area contributed by atoms with Crippen LogP contribution in [-0.4, -0.2) is 73.3 Å². The topological polar surface area (TPSA) is 64.3 Å². The number of piperidine rings is 2. The number of pyridine rings is 2. The van der Waals surface area contributed by atoms with Gasteiger partial charge in [-0.25, -0.2) is 9.13 Å². The van der Waals surface area contributed by atoms with E-state index < -0.39 is 0 Å². The average molecular weight is 791 g/mol. The predicted octanol–water partition coefficient (Wildman–Crippen LogP) is 5.40. The Kier molecular flexibility index (Phi) is 11.0. The molecule has 2 saturated heterocycles. The molecule has 10 heteroatoms. The van der Waals surface area contributed by atoms with Crippen LogP contribution in [0.25, 0.3) is 65.2 Å². The van der Waals surface area contributed by atoms with Gasteiger partial charge in [0.15, 0.2) is 37.9 Å². The van der Waals surface area contributed by atoms with Gasteiger partial charge in [-0.2, -0.15) is 0 Å². The molecule has 2 aliphatic heterocycles. The molecule has 0 radical (unpaired) electrons. The lowest BCUT2D eigenvalue weighted by molar-refractivity contribution is -0.695. The Balaban J connectivity index is 0.00000220. The Hall–Kier alpha value is -4.60. The van der Waals surface area contributed by atoms with Crippen molar-refractivity contribution in [3.8, 4) is 11.5 Å². The van der Waals surface area contributed by atoms with Gasteiger partial charge in [0.05, 0.1) is 38.1 Å². The lowest BCUT2D eigenvalue weighted by atomic mass is 9.79. The van der Waals surface area contributed by atoms with Crippen LogP contribution in [-0.2, 0) is 13.1 Å². The quantitative estimate of drug-likeness (QED) is 0.193. The van der Waals surface area contributed by atoms with E-state index in [9.17, 15) is 0 Å². The van der Waals surface area contributed by atoms with Crippen LogP contribution in [0, 0.1) is 11.8 Å². The first-order valence-corrected chi connectivity index (χ1v) is 19.9. The molecule has 2 N–H and O–H groups in total. The molecule has 0 saturated carbocycles. The molecule has 0 atom stereocenters. The van der Waals surface area contributed by atoms with E-state index in [2.05, 4.69) is 114 Å². The number of rotatable bonds is 9. The maximum atomic E-state index is 5.56. The van der Waals surface area contributed by atoms with E-state index in [4.69, 9.17) is 9.47 Å². The number of hydrogen-bond acceptors (Lipinski definition) is 4. The van der Waals surface area contributed by atoms with Crippen molar-refractivity contribution in [2.45, 2.75) is 38.8 Å². The molecule has 56 heavy (non-hydrogen) atoms. The number of aromatic amines is 2. The summed E-state index contributed by atoms with van der Waals surface area (Å²) in [4.78, 5) is 12.6. The standard InChI is InChI=1S/C46H48N6O2.2ClH/c1-53-35-5-9-41-37(27-35)45-39-29-51(21-15-33(39)3-7-43(45)47-41)25-23-49-17-11-31(12-18-49)32-13-19-50(20-14-32)24-26-52-22-16-34-4-8-44-46(40(34)30-52)38-28-36(54-2)6-10-42(38)48-44;;/h3-10,15-16,21-22,27-32H,11-14,17-20,23-26H2,1-2H3;2*1H/p+1. The third kappa shape index (κ3) is 7.13. The van der Waals surface area contributed by atoms with E-state index in [1.807, 2.05) is 12.1 Å². The molecule has 0 spiro atoms. The molecule has 0 bridgehead atoms. The van der Waals surface area contributed by atoms with E-state index in [0.717, 1.165) is 60.5 Å². The van der Waals surface area contributed by atoms with Crippen LogP contribution >= 0.6 is 12.4 Å². The number of hydrogen-bond donors (Lipinski definition) is 2. The number of fused-ring (bicyclic) bond motifs is 10. The van der Waals surface area contributed by atoms with Crippen LogP contribution in [0.1, 0.15) is 25.7 Å². The maximum absolute atomic E-state index is 5.56. The zero-order valence-electron chi connectivity index (χ0n) is 32.3. The Labute approximate surface area is 340 Å². The van der Waals surface area contributed by atoms with Gasteiger partial charge in [-0.05, 0) is 123 Å². The smallest absolute Gasteiger partial charge is 0.177 e. The van der Waals surface area contributed by atoms with Gasteiger partial charge in [-0.1, -0.05) is 12.1 Å². The fourth-order valence-electron chi connectivity index (χ4n) is 9.71. The summed E-state index contributed by atoms with van der Waals surface area (Å²) in [7, 11) is 3.48. The van der Waals surface area contributed by atoms with Gasteiger partial charge in [0.2, 0.25) is 0 Å². The molecule has 6 heterocycles. The third-order valence-corrected chi connectivity index (χ3v) is 12.9. The van der Waals surface area contributed by atoms with Crippen molar-refractivity contribution in [1.82, 2.24) is 19.8 Å². The normalized spacial score (nSPS) is 16.2. The highest BCUT2D eigenvalue weighted by Gasteiger charge is 2.30. The van der Waals surface area contributed by atoms with E-state index >= 15 is 0 Å². The summed E-state index contributed by atoms with van der Waals surface area (Å²) in [6.07, 6.45) is 14.6. The molecule has 0 unspecified atom stereocenters. The largest absolute Gasteiger partial charge is 1.00 e.